The van der Waals surface area contributed by atoms with Crippen LogP contribution in [-0.4, -0.2) is 0 Å². The Hall–Kier alpha value is 0. The van der Waals surface area contributed by atoms with E-state index in [9.17, 15) is 0 Å². The summed E-state index contributed by atoms with van der Waals surface area (Å²) in [5, 5.41) is 0. The van der Waals surface area contributed by atoms with Crippen LogP contribution < -0.4 is 0 Å². The van der Waals surface area contributed by atoms with Crippen LogP contribution in [0.2, 0.25) is 0 Å². The maximum absolute atomic E-state index is 2.54. The minimum absolute atomic E-state index is 0.647. The molecule has 0 heterocycles. The Morgan fingerprint density at radius 3 is 0.912 bits per heavy atom. The topological polar surface area (TPSA) is 0 Å². The third-order valence-corrected chi connectivity index (χ3v) is 43.2. The van der Waals surface area contributed by atoms with E-state index in [2.05, 4.69) is 111 Å². The highest BCUT2D eigenvalue weighted by Crippen LogP contribution is 2.64. The minimum atomic E-state index is 0.647. The molecule has 0 aromatic rings. The second-order valence-corrected chi connectivity index (χ2v) is 52.2. The SMILES string of the molecule is CC12CC3CC(CC(C3)C1)C2.CC1C2CCC(CC2)[C@H]1C.CC1CCC(C2CCCCC2)CC1.CC1CCC2(CC1)CCC(C)(C)CC2.CC1CCC2(CCCC2)CC1.CC1CCC2(CCCCC2)CC1.CCC12CC3CC(CC(C3)C1)C2.C[C@@H]1C2CCC(CC2)C1(C)C.C[C@H]1CC2CCC1(C)CC2.C[C@H]1CC2CCC1CC2. The van der Waals surface area contributed by atoms with Gasteiger partial charge in [-0.25, -0.2) is 0 Å². The summed E-state index contributed by atoms with van der Waals surface area (Å²) < 4.78 is 0. The maximum Gasteiger partial charge on any atom is -0.0292 e. The van der Waals surface area contributed by atoms with E-state index in [0.717, 1.165) is 175 Å². The van der Waals surface area contributed by atoms with Gasteiger partial charge in [-0.3, -0.25) is 0 Å². The lowest BCUT2D eigenvalue weighted by Crippen LogP contribution is -2.45. The van der Waals surface area contributed by atoms with Gasteiger partial charge in [-0.2, -0.15) is 0 Å². The first kappa shape index (κ1) is 90.7. The van der Waals surface area contributed by atoms with E-state index in [4.69, 9.17) is 0 Å². The predicted octanol–water partition coefficient (Wildman–Crippen LogP) is 36.5. The molecule has 16 bridgehead atoms. The Labute approximate surface area is 709 Å². The van der Waals surface area contributed by atoms with Crippen LogP contribution in [0.4, 0.5) is 0 Å². The zero-order chi connectivity index (χ0) is 79.8. The van der Waals surface area contributed by atoms with Gasteiger partial charge in [-0.05, 0) is 468 Å². The van der Waals surface area contributed by atoms with Crippen LogP contribution in [-0.2, 0) is 0 Å². The largest absolute Gasteiger partial charge is 0.0649 e. The van der Waals surface area contributed by atoms with Crippen LogP contribution in [0.25, 0.3) is 0 Å². The van der Waals surface area contributed by atoms with Crippen molar-refractivity contribution in [3.63, 3.8) is 0 Å². The van der Waals surface area contributed by atoms with Crippen LogP contribution in [0, 0.1) is 185 Å². The Balaban J connectivity index is 0.000000110. The lowest BCUT2D eigenvalue weighted by molar-refractivity contribution is -0.0545. The van der Waals surface area contributed by atoms with Crippen LogP contribution >= 0.6 is 0 Å². The molecule has 28 fully saturated rings. The molecule has 5 atom stereocenters. The van der Waals surface area contributed by atoms with E-state index in [-0.39, 0.29) is 0 Å². The molecule has 0 N–H and O–H groups in total. The maximum atomic E-state index is 2.54. The van der Waals surface area contributed by atoms with Crippen LogP contribution in [0.15, 0.2) is 0 Å². The quantitative estimate of drug-likeness (QED) is 0.259. The van der Waals surface area contributed by atoms with Gasteiger partial charge in [0.1, 0.15) is 0 Å². The number of rotatable bonds is 2. The van der Waals surface area contributed by atoms with Gasteiger partial charge in [0.2, 0.25) is 0 Å². The van der Waals surface area contributed by atoms with Crippen molar-refractivity contribution in [2.24, 2.45) is 185 Å². The Kier molecular flexibility index (Phi) is 32.4. The highest BCUT2D eigenvalue weighted by atomic mass is 14.6. The van der Waals surface area contributed by atoms with Crippen molar-refractivity contribution < 1.29 is 0 Å². The molecule has 28 saturated carbocycles. The van der Waals surface area contributed by atoms with Gasteiger partial charge in [-0.1, -0.05) is 246 Å². The summed E-state index contributed by atoms with van der Waals surface area (Å²) in [6, 6.07) is 0. The summed E-state index contributed by atoms with van der Waals surface area (Å²) in [5.41, 5.74) is 6.17. The monoisotopic (exact) mass is 1560 g/mol. The molecule has 3 spiro atoms. The van der Waals surface area contributed by atoms with Crippen molar-refractivity contribution in [1.29, 1.82) is 0 Å². The Morgan fingerprint density at radius 1 is 0.248 bits per heavy atom. The highest BCUT2D eigenvalue weighted by Gasteiger charge is 2.52. The number of hydrogen-bond acceptors (Lipinski definition) is 0. The molecular weight excluding hydrogens is 1360 g/mol. The van der Waals surface area contributed by atoms with E-state index in [1.54, 1.807) is 186 Å². The Morgan fingerprint density at radius 2 is 0.593 bits per heavy atom. The van der Waals surface area contributed by atoms with Gasteiger partial charge in [0, 0.05) is 0 Å². The first-order valence-electron chi connectivity index (χ1n) is 54.0. The molecule has 0 aromatic carbocycles. The zero-order valence-corrected chi connectivity index (χ0v) is 79.8. The molecule has 654 valence electrons. The third kappa shape index (κ3) is 24.3. The molecule has 28 rings (SSSR count). The van der Waals surface area contributed by atoms with Gasteiger partial charge in [0.15, 0.2) is 0 Å². The first-order valence-corrected chi connectivity index (χ1v) is 54.0. The van der Waals surface area contributed by atoms with Crippen molar-refractivity contribution in [3.8, 4) is 0 Å². The van der Waals surface area contributed by atoms with Crippen molar-refractivity contribution in [2.45, 2.75) is 528 Å². The lowest BCUT2D eigenvalue weighted by atomic mass is 9.49. The molecule has 0 radical (unpaired) electrons. The molecule has 0 saturated heterocycles. The summed E-state index contributed by atoms with van der Waals surface area (Å²) in [6.45, 7) is 39.3. The predicted molar refractivity (Wildman–Crippen MR) is 494 cm³/mol. The molecular formula is C113H202. The molecule has 0 aromatic heterocycles. The van der Waals surface area contributed by atoms with E-state index in [0.29, 0.717) is 10.8 Å². The number of hydrogen-bond donors (Lipinski definition) is 0. The van der Waals surface area contributed by atoms with Crippen molar-refractivity contribution in [1.82, 2.24) is 0 Å². The fraction of sp³-hybridized carbons (Fsp3) is 1.00. The molecule has 28 aliphatic rings. The minimum Gasteiger partial charge on any atom is -0.0649 e. The molecule has 1 unspecified atom stereocenters. The van der Waals surface area contributed by atoms with E-state index < -0.39 is 0 Å². The first-order chi connectivity index (χ1) is 54.0. The van der Waals surface area contributed by atoms with Crippen molar-refractivity contribution in [2.75, 3.05) is 0 Å². The summed E-state index contributed by atoms with van der Waals surface area (Å²) in [4.78, 5) is 0. The van der Waals surface area contributed by atoms with Crippen molar-refractivity contribution in [3.05, 3.63) is 0 Å². The van der Waals surface area contributed by atoms with Crippen LogP contribution in [0.5, 0.6) is 0 Å². The molecule has 0 nitrogen and oxygen atoms in total. The fourth-order valence-corrected chi connectivity index (χ4v) is 34.1. The smallest absolute Gasteiger partial charge is 0.0292 e. The molecule has 0 aliphatic heterocycles. The second-order valence-electron chi connectivity index (χ2n) is 52.2. The summed E-state index contributed by atoms with van der Waals surface area (Å²) in [5.74, 6) is 26.0. The molecule has 28 aliphatic carbocycles. The van der Waals surface area contributed by atoms with E-state index in [1.165, 1.54) is 231 Å². The highest BCUT2D eigenvalue weighted by molar-refractivity contribution is 5.03. The molecule has 0 heteroatoms. The van der Waals surface area contributed by atoms with E-state index >= 15 is 0 Å². The molecule has 0 amide bonds. The summed E-state index contributed by atoms with van der Waals surface area (Å²) in [7, 11) is 0. The number of fused-ring (bicyclic) bond motifs is 12. The standard InChI is InChI=1S/C14H26.C13H24.C12H20.C12H22.C11H18.2C11H20.2C10H18.C9H16/c1-12-4-6-14(7-5-12)10-8-13(2,3)9-11-14;1-11-7-9-13(10-8-11)12-5-3-2-4-6-12;1-2-12-6-9-3-10(7-12)5-11(4-9)8-12;1-11-5-9-12(10-6-11)7-3-2-4-8-12;1-11-5-8-2-9(6-11)4-10(3-8)7-11;1-8-9-4-6-10(7-5-9)11(8,2)3;1-10-4-8-11(9-5-10)6-2-3-7-11;1-8-7-9-3-5-10(8,2)6-4-9;1-7-8(2)10-5-3-9(7)4-6-10;1-7-6-8-2-4-9(7)5-3-8/h12H,4-11H2,1-3H3;11-13H,2-10H2,1H3;9-11H,2-8H2,1H3;11H,2-10H2,1H3;8-10H,2-7H2,1H3;8-10H,4-7H2,1-3H3;10H,2-9H2,1H3;8-9H,3-7H2,1-2H3;7-10H,3-6H2,1-2H3;7-9H,2-6H2,1H3/t;;;;;8-,9?,10?;;8-,9?,10?;7-,8?,9?,10?;7-,8?,9?/m.....1.000/s1. The third-order valence-electron chi connectivity index (χ3n) is 43.2. The normalized spacial score (nSPS) is 45.0. The summed E-state index contributed by atoms with van der Waals surface area (Å²) >= 11 is 0. The average Bonchev–Trinajstić information content (AvgIpc) is 0.846. The van der Waals surface area contributed by atoms with Crippen LogP contribution in [0.3, 0.4) is 0 Å². The van der Waals surface area contributed by atoms with Gasteiger partial charge in [0.05, 0.1) is 0 Å². The Bertz CT molecular complexity index is 2570. The average molecular weight is 1560 g/mol. The van der Waals surface area contributed by atoms with Gasteiger partial charge in [-0.15, -0.1) is 0 Å². The lowest BCUT2D eigenvalue weighted by Gasteiger charge is -2.56. The second kappa shape index (κ2) is 40.3. The van der Waals surface area contributed by atoms with Gasteiger partial charge in [0.25, 0.3) is 0 Å². The van der Waals surface area contributed by atoms with Gasteiger partial charge < -0.3 is 0 Å². The fourth-order valence-electron chi connectivity index (χ4n) is 34.1. The zero-order valence-electron chi connectivity index (χ0n) is 79.8. The molecule has 113 heavy (non-hydrogen) atoms. The van der Waals surface area contributed by atoms with Crippen LogP contribution in [0.1, 0.15) is 528 Å². The van der Waals surface area contributed by atoms with Gasteiger partial charge >= 0.3 is 0 Å². The van der Waals surface area contributed by atoms with Crippen molar-refractivity contribution >= 4 is 0 Å². The summed E-state index contributed by atoms with van der Waals surface area (Å²) in [6.07, 6.45) is 100. The van der Waals surface area contributed by atoms with E-state index in [1.807, 2.05) is 0 Å².